The van der Waals surface area contributed by atoms with E-state index < -0.39 is 0 Å². The number of aromatic nitrogens is 2. The second-order valence-corrected chi connectivity index (χ2v) is 5.88. The Bertz CT molecular complexity index is 366. The summed E-state index contributed by atoms with van der Waals surface area (Å²) in [7, 11) is 0. The van der Waals surface area contributed by atoms with E-state index >= 15 is 0 Å². The molecule has 0 unspecified atom stereocenters. The maximum Gasteiger partial charge on any atom is 2.00 e. The van der Waals surface area contributed by atoms with Crippen molar-refractivity contribution in [2.45, 2.75) is 51.4 Å². The third kappa shape index (κ3) is 85.8. The van der Waals surface area contributed by atoms with E-state index in [0.29, 0.717) is 26.2 Å². The summed E-state index contributed by atoms with van der Waals surface area (Å²) >= 11 is 0. The second-order valence-electron chi connectivity index (χ2n) is 5.88. The van der Waals surface area contributed by atoms with Gasteiger partial charge in [0, 0.05) is 24.8 Å². The van der Waals surface area contributed by atoms with Crippen LogP contribution in [0.2, 0.25) is 0 Å². The molecular formula is C22H50Cl2N10Pt3. The summed E-state index contributed by atoms with van der Waals surface area (Å²) in [4.78, 5) is 7.57. The Hall–Kier alpha value is 0.625. The molecule has 0 spiro atoms. The fourth-order valence-electron chi connectivity index (χ4n) is 1.83. The first-order valence-electron chi connectivity index (χ1n) is 10.1. The molecule has 0 fully saturated rings. The van der Waals surface area contributed by atoms with Crippen molar-refractivity contribution < 1.29 is 88.0 Å². The van der Waals surface area contributed by atoms with Crippen LogP contribution >= 0.6 is 0 Å². The number of unbranched alkanes of at least 4 members (excludes halogenated alkanes) is 6. The smallest absolute Gasteiger partial charge is 1.00 e. The van der Waals surface area contributed by atoms with Gasteiger partial charge >= 0.3 is 63.2 Å². The predicted molar refractivity (Wildman–Crippen MR) is 142 cm³/mol. The van der Waals surface area contributed by atoms with Gasteiger partial charge in [0.05, 0.1) is 0 Å². The average molecular weight is 1110 g/mol. The van der Waals surface area contributed by atoms with Crippen molar-refractivity contribution in [3.63, 3.8) is 0 Å². The van der Waals surface area contributed by atoms with E-state index in [1.54, 1.807) is 24.8 Å². The van der Waals surface area contributed by atoms with Crippen LogP contribution in [0.3, 0.4) is 0 Å². The Morgan fingerprint density at radius 2 is 0.541 bits per heavy atom. The molecule has 0 radical (unpaired) electrons. The Labute approximate surface area is 282 Å². The van der Waals surface area contributed by atoms with Gasteiger partial charge in [0.2, 0.25) is 0 Å². The zero-order valence-electron chi connectivity index (χ0n) is 21.7. The molecule has 37 heavy (non-hydrogen) atoms. The summed E-state index contributed by atoms with van der Waals surface area (Å²) < 4.78 is 0. The normalized spacial score (nSPS) is 6.81. The number of nitrogens with one attached hydrogen (secondary N) is 4. The summed E-state index contributed by atoms with van der Waals surface area (Å²) in [6, 6.07) is 11.4. The maximum absolute atomic E-state index is 6.79. The summed E-state index contributed by atoms with van der Waals surface area (Å²) in [5.74, 6) is 0. The van der Waals surface area contributed by atoms with E-state index in [2.05, 4.69) is 9.97 Å². The Morgan fingerprint density at radius 3 is 0.622 bits per heavy atom. The molecule has 0 aromatic carbocycles. The Balaban J connectivity index is -0.0000000251. The first-order valence-corrected chi connectivity index (χ1v) is 10.1. The van der Waals surface area contributed by atoms with Crippen LogP contribution in [0, 0.1) is 0 Å². The molecule has 0 saturated heterocycles. The van der Waals surface area contributed by atoms with E-state index in [1.807, 2.05) is 36.4 Å². The molecule has 15 heteroatoms. The molecule has 2 aromatic heterocycles. The quantitative estimate of drug-likeness (QED) is 0.259. The molecule has 10 nitrogen and oxygen atoms in total. The van der Waals surface area contributed by atoms with Crippen molar-refractivity contribution in [1.82, 2.24) is 34.6 Å². The molecule has 0 aliphatic rings. The minimum absolute atomic E-state index is 0. The van der Waals surface area contributed by atoms with E-state index in [9.17, 15) is 0 Å². The van der Waals surface area contributed by atoms with Gasteiger partial charge in [-0.3, -0.25) is 9.97 Å². The summed E-state index contributed by atoms with van der Waals surface area (Å²) in [5.41, 5.74) is 27.2. The first-order chi connectivity index (χ1) is 13.8. The Kier molecular flexibility index (Phi) is 147. The fourth-order valence-corrected chi connectivity index (χ4v) is 1.83. The molecule has 2 rings (SSSR count). The van der Waals surface area contributed by atoms with Crippen molar-refractivity contribution in [3.8, 4) is 0 Å². The molecule has 2 aromatic rings. The molecule has 0 aliphatic carbocycles. The topological polar surface area (TPSA) is 261 Å². The van der Waals surface area contributed by atoms with Gasteiger partial charge in [0.25, 0.3) is 0 Å². The van der Waals surface area contributed by atoms with Crippen LogP contribution in [-0.2, 0) is 63.2 Å². The summed E-state index contributed by atoms with van der Waals surface area (Å²) in [5, 5.41) is 0. The van der Waals surface area contributed by atoms with E-state index in [4.69, 9.17) is 22.9 Å². The predicted octanol–water partition coefficient (Wildman–Crippen LogP) is 2.11. The fraction of sp³-hybridized carbons (Fsp3) is 0.545. The number of rotatable bonds is 10. The van der Waals surface area contributed by atoms with Gasteiger partial charge in [-0.25, -0.2) is 0 Å². The molecular weight excluding hydrogens is 1060 g/mol. The van der Waals surface area contributed by atoms with Crippen LogP contribution in [0.15, 0.2) is 61.2 Å². The number of halogens is 2. The van der Waals surface area contributed by atoms with Crippen molar-refractivity contribution in [1.29, 1.82) is 0 Å². The number of hydrogen-bond donors (Lipinski definition) is 4. The van der Waals surface area contributed by atoms with Crippen LogP contribution < -0.4 is 49.4 Å². The molecule has 0 saturated carbocycles. The van der Waals surface area contributed by atoms with E-state index in [1.165, 1.54) is 0 Å². The number of nitrogens with zero attached hydrogens (tertiary/aromatic N) is 2. The van der Waals surface area contributed by atoms with Crippen molar-refractivity contribution in [3.05, 3.63) is 84.1 Å². The van der Waals surface area contributed by atoms with Crippen molar-refractivity contribution in [2.24, 2.45) is 0 Å². The van der Waals surface area contributed by atoms with Gasteiger partial charge in [-0.2, -0.15) is 26.2 Å². The minimum atomic E-state index is 0. The monoisotopic (exact) mass is 1110 g/mol. The van der Waals surface area contributed by atoms with Crippen molar-refractivity contribution >= 4 is 0 Å². The molecule has 0 atom stereocenters. The molecule has 0 amide bonds. The van der Waals surface area contributed by atoms with Gasteiger partial charge in [-0.15, -0.1) is 0 Å². The largest absolute Gasteiger partial charge is 2.00 e. The van der Waals surface area contributed by atoms with Gasteiger partial charge in [0.15, 0.2) is 0 Å². The minimum Gasteiger partial charge on any atom is -1.00 e. The molecule has 16 N–H and O–H groups in total. The molecule has 232 valence electrons. The van der Waals surface area contributed by atoms with Gasteiger partial charge < -0.3 is 72.4 Å². The zero-order valence-corrected chi connectivity index (χ0v) is 30.0. The first kappa shape index (κ1) is 71.2. The third-order valence-electron chi connectivity index (χ3n) is 3.34. The van der Waals surface area contributed by atoms with Gasteiger partial charge in [-0.05, 0) is 24.3 Å². The van der Waals surface area contributed by atoms with Crippen LogP contribution in [0.1, 0.15) is 51.4 Å². The SMILES string of the molecule is N.N.N.N.[Cl-].[Cl-].[NH-]CCCCCC[NH-].[NH-]CCCCCC[NH-].[Pt+2].[Pt+2].[Pt+2].c1ccncc1.c1ccncc1. The summed E-state index contributed by atoms with van der Waals surface area (Å²) in [6.45, 7) is 2.21. The van der Waals surface area contributed by atoms with Crippen LogP contribution in [-0.4, -0.2) is 36.1 Å². The van der Waals surface area contributed by atoms with Gasteiger partial charge in [-0.1, -0.05) is 63.5 Å². The Morgan fingerprint density at radius 1 is 0.351 bits per heavy atom. The van der Waals surface area contributed by atoms with Crippen LogP contribution in [0.25, 0.3) is 22.9 Å². The maximum atomic E-state index is 6.79. The second kappa shape index (κ2) is 76.7. The van der Waals surface area contributed by atoms with Crippen LogP contribution in [0.5, 0.6) is 0 Å². The number of pyridine rings is 2. The number of hydrogen-bond acceptors (Lipinski definition) is 6. The zero-order chi connectivity index (χ0) is 21.0. The molecule has 0 aliphatic heterocycles. The molecule has 0 bridgehead atoms. The van der Waals surface area contributed by atoms with E-state index in [-0.39, 0.29) is 113 Å². The van der Waals surface area contributed by atoms with Crippen LogP contribution in [0.4, 0.5) is 0 Å². The average Bonchev–Trinajstić information content (AvgIpc) is 2.78. The molecule has 2 heterocycles. The van der Waals surface area contributed by atoms with Gasteiger partial charge in [0.1, 0.15) is 0 Å². The third-order valence-corrected chi connectivity index (χ3v) is 3.34. The van der Waals surface area contributed by atoms with E-state index in [0.717, 1.165) is 51.4 Å². The summed E-state index contributed by atoms with van der Waals surface area (Å²) in [6.07, 6.45) is 15.6. The van der Waals surface area contributed by atoms with Crippen molar-refractivity contribution in [2.75, 3.05) is 26.2 Å². The standard InChI is InChI=1S/2C6H14N2.2C5H5N.2ClH.4H3N.3Pt/c2*7-5-3-1-2-4-6-8;2*1-2-4-6-5-3-1;;;;;;;;;/h2*7-8H,1-6H2;2*1-5H;2*1H;4*1H3;;;/q2*-2;;;;;;;;;3*+2/p-2.